The van der Waals surface area contributed by atoms with Crippen LogP contribution in [0.25, 0.3) is 11.3 Å². The van der Waals surface area contributed by atoms with E-state index in [0.717, 1.165) is 34.0 Å². The monoisotopic (exact) mass is 436 g/mol. The van der Waals surface area contributed by atoms with Crippen molar-refractivity contribution in [1.29, 1.82) is 0 Å². The van der Waals surface area contributed by atoms with Crippen molar-refractivity contribution in [3.05, 3.63) is 60.2 Å². The van der Waals surface area contributed by atoms with E-state index >= 15 is 0 Å². The van der Waals surface area contributed by atoms with Crippen LogP contribution in [0.3, 0.4) is 0 Å². The Morgan fingerprint density at radius 3 is 2.69 bits per heavy atom. The number of nitrogens with one attached hydrogen (secondary N) is 3. The topological polar surface area (TPSA) is 98.9 Å². The lowest BCUT2D eigenvalue weighted by Gasteiger charge is -2.14. The first-order valence-electron chi connectivity index (χ1n) is 10.7. The van der Waals surface area contributed by atoms with Gasteiger partial charge in [-0.05, 0) is 54.4 Å². The van der Waals surface area contributed by atoms with Crippen LogP contribution in [0.15, 0.2) is 54.6 Å². The molecule has 2 heterocycles. The molecular formula is C24H28N4O4. The first-order chi connectivity index (χ1) is 15.7. The van der Waals surface area contributed by atoms with Crippen molar-refractivity contribution in [2.45, 2.75) is 13.5 Å². The number of urea groups is 1. The molecule has 0 saturated carbocycles. The fourth-order valence-electron chi connectivity index (χ4n) is 3.61. The van der Waals surface area contributed by atoms with Crippen LogP contribution < -0.4 is 20.3 Å². The molecule has 0 radical (unpaired) electrons. The largest absolute Gasteiger partial charge is 0.491 e. The lowest BCUT2D eigenvalue weighted by atomic mass is 10.1. The summed E-state index contributed by atoms with van der Waals surface area (Å²) in [6.07, 6.45) is 0. The third kappa shape index (κ3) is 5.22. The molecule has 1 aliphatic heterocycles. The van der Waals surface area contributed by atoms with E-state index in [9.17, 15) is 4.79 Å². The molecule has 1 fully saturated rings. The SMILES string of the molecule is CCOCc1cc(Nc2ccc(-c3ccc(N4CCNC4=O)cc3)[nH]2)cc(OCCO)c1. The number of nitrogens with zero attached hydrogens (tertiary/aromatic N) is 1. The molecule has 4 rings (SSSR count). The molecule has 1 aliphatic rings. The second-order valence-corrected chi connectivity index (χ2v) is 7.42. The smallest absolute Gasteiger partial charge is 0.321 e. The maximum Gasteiger partial charge on any atom is 0.321 e. The number of anilines is 3. The molecule has 32 heavy (non-hydrogen) atoms. The van der Waals surface area contributed by atoms with Gasteiger partial charge in [-0.1, -0.05) is 12.1 Å². The number of aromatic nitrogens is 1. The Kier molecular flexibility index (Phi) is 6.94. The van der Waals surface area contributed by atoms with E-state index in [0.29, 0.717) is 32.1 Å². The van der Waals surface area contributed by atoms with Gasteiger partial charge in [0.1, 0.15) is 18.2 Å². The summed E-state index contributed by atoms with van der Waals surface area (Å²) in [7, 11) is 0. The molecule has 8 heteroatoms. The standard InChI is InChI=1S/C24H28N4O4/c1-2-31-16-17-13-19(15-21(14-17)32-12-11-29)26-23-8-7-22(27-23)18-3-5-20(6-4-18)28-10-9-25-24(28)30/h3-8,13-15,26-27,29H,2,9-12,16H2,1H3,(H,25,30). The minimum Gasteiger partial charge on any atom is -0.491 e. The van der Waals surface area contributed by atoms with Crippen LogP contribution in [0.5, 0.6) is 5.75 Å². The molecule has 2 amide bonds. The van der Waals surface area contributed by atoms with Crippen LogP contribution in [-0.2, 0) is 11.3 Å². The van der Waals surface area contributed by atoms with Crippen LogP contribution in [0.1, 0.15) is 12.5 Å². The molecule has 2 aromatic carbocycles. The lowest BCUT2D eigenvalue weighted by molar-refractivity contribution is 0.133. The highest BCUT2D eigenvalue weighted by Gasteiger charge is 2.20. The highest BCUT2D eigenvalue weighted by Crippen LogP contribution is 2.28. The number of hydrogen-bond acceptors (Lipinski definition) is 5. The summed E-state index contributed by atoms with van der Waals surface area (Å²) in [5.74, 6) is 1.51. The van der Waals surface area contributed by atoms with Crippen LogP contribution in [0.4, 0.5) is 22.0 Å². The van der Waals surface area contributed by atoms with Gasteiger partial charge in [0.25, 0.3) is 0 Å². The van der Waals surface area contributed by atoms with Crippen LogP contribution in [0, 0.1) is 0 Å². The number of carbonyl (C=O) groups is 1. The summed E-state index contributed by atoms with van der Waals surface area (Å²) in [6.45, 7) is 4.62. The number of H-pyrrole nitrogens is 1. The van der Waals surface area contributed by atoms with Crippen molar-refractivity contribution in [3.8, 4) is 17.0 Å². The van der Waals surface area contributed by atoms with E-state index in [-0.39, 0.29) is 19.2 Å². The number of aliphatic hydroxyl groups is 1. The van der Waals surface area contributed by atoms with Crippen molar-refractivity contribution >= 4 is 23.2 Å². The number of amides is 2. The average Bonchev–Trinajstić information content (AvgIpc) is 3.45. The predicted octanol–water partition coefficient (Wildman–Crippen LogP) is 3.86. The van der Waals surface area contributed by atoms with Crippen molar-refractivity contribution in [2.24, 2.45) is 0 Å². The Labute approximate surface area is 187 Å². The quantitative estimate of drug-likeness (QED) is 0.387. The highest BCUT2D eigenvalue weighted by molar-refractivity contribution is 5.94. The molecular weight excluding hydrogens is 408 g/mol. The Hall–Kier alpha value is -3.49. The molecule has 0 unspecified atom stereocenters. The minimum absolute atomic E-state index is 0.0420. The predicted molar refractivity (Wildman–Crippen MR) is 125 cm³/mol. The molecule has 1 saturated heterocycles. The summed E-state index contributed by atoms with van der Waals surface area (Å²) in [5, 5.41) is 15.2. The molecule has 8 nitrogen and oxygen atoms in total. The fraction of sp³-hybridized carbons (Fsp3) is 0.292. The van der Waals surface area contributed by atoms with Gasteiger partial charge >= 0.3 is 6.03 Å². The second-order valence-electron chi connectivity index (χ2n) is 7.42. The van der Waals surface area contributed by atoms with Crippen molar-refractivity contribution < 1.29 is 19.4 Å². The van der Waals surface area contributed by atoms with Gasteiger partial charge < -0.3 is 30.2 Å². The molecule has 4 N–H and O–H groups in total. The lowest BCUT2D eigenvalue weighted by Crippen LogP contribution is -2.27. The number of ether oxygens (including phenoxy) is 2. The van der Waals surface area contributed by atoms with E-state index in [4.69, 9.17) is 14.6 Å². The van der Waals surface area contributed by atoms with Gasteiger partial charge in [-0.2, -0.15) is 0 Å². The van der Waals surface area contributed by atoms with Crippen LogP contribution >= 0.6 is 0 Å². The molecule has 0 spiro atoms. The maximum absolute atomic E-state index is 11.8. The molecule has 0 atom stereocenters. The first-order valence-corrected chi connectivity index (χ1v) is 10.7. The second kappa shape index (κ2) is 10.2. The zero-order valence-electron chi connectivity index (χ0n) is 18.1. The zero-order valence-corrected chi connectivity index (χ0v) is 18.1. The third-order valence-corrected chi connectivity index (χ3v) is 5.11. The van der Waals surface area contributed by atoms with Gasteiger partial charge in [0.15, 0.2) is 0 Å². The Balaban J connectivity index is 1.48. The van der Waals surface area contributed by atoms with Crippen LogP contribution in [0.2, 0.25) is 0 Å². The molecule has 0 bridgehead atoms. The number of rotatable bonds is 10. The number of carbonyl (C=O) groups excluding carboxylic acids is 1. The number of benzene rings is 2. The average molecular weight is 437 g/mol. The van der Waals surface area contributed by atoms with Gasteiger partial charge in [0.05, 0.1) is 13.2 Å². The van der Waals surface area contributed by atoms with Gasteiger partial charge in [-0.25, -0.2) is 4.79 Å². The summed E-state index contributed by atoms with van der Waals surface area (Å²) < 4.78 is 11.1. The number of hydrogen-bond donors (Lipinski definition) is 4. The van der Waals surface area contributed by atoms with Crippen molar-refractivity contribution in [3.63, 3.8) is 0 Å². The Morgan fingerprint density at radius 1 is 1.12 bits per heavy atom. The van der Waals surface area contributed by atoms with E-state index < -0.39 is 0 Å². The summed E-state index contributed by atoms with van der Waals surface area (Å²) in [5.41, 5.74) is 4.72. The number of aliphatic hydroxyl groups excluding tert-OH is 1. The Morgan fingerprint density at radius 2 is 1.97 bits per heavy atom. The molecule has 168 valence electrons. The summed E-state index contributed by atoms with van der Waals surface area (Å²) >= 11 is 0. The summed E-state index contributed by atoms with van der Waals surface area (Å²) in [4.78, 5) is 17.0. The van der Waals surface area contributed by atoms with E-state index in [1.54, 1.807) is 4.90 Å². The summed E-state index contributed by atoms with van der Waals surface area (Å²) in [6, 6.07) is 17.6. The zero-order chi connectivity index (χ0) is 22.3. The van der Waals surface area contributed by atoms with Gasteiger partial charge in [0, 0.05) is 42.8 Å². The van der Waals surface area contributed by atoms with E-state index in [1.165, 1.54) is 0 Å². The van der Waals surface area contributed by atoms with Gasteiger partial charge in [-0.3, -0.25) is 4.90 Å². The van der Waals surface area contributed by atoms with Gasteiger partial charge in [0.2, 0.25) is 0 Å². The van der Waals surface area contributed by atoms with Crippen molar-refractivity contribution in [1.82, 2.24) is 10.3 Å². The molecule has 3 aromatic rings. The fourth-order valence-corrected chi connectivity index (χ4v) is 3.61. The van der Waals surface area contributed by atoms with E-state index in [1.807, 2.05) is 61.5 Å². The van der Waals surface area contributed by atoms with E-state index in [2.05, 4.69) is 15.6 Å². The maximum atomic E-state index is 11.8. The van der Waals surface area contributed by atoms with Crippen molar-refractivity contribution in [2.75, 3.05) is 43.1 Å². The number of aromatic amines is 1. The van der Waals surface area contributed by atoms with Crippen LogP contribution in [-0.4, -0.2) is 49.0 Å². The molecule has 0 aliphatic carbocycles. The first kappa shape index (κ1) is 21.7. The normalized spacial score (nSPS) is 13.3. The minimum atomic E-state index is -0.0574. The highest BCUT2D eigenvalue weighted by atomic mass is 16.5. The molecule has 1 aromatic heterocycles. The third-order valence-electron chi connectivity index (χ3n) is 5.11. The Bertz CT molecular complexity index is 1020. The van der Waals surface area contributed by atoms with Gasteiger partial charge in [-0.15, -0.1) is 0 Å².